The number of piperidine rings is 1. The van der Waals surface area contributed by atoms with Gasteiger partial charge in [0.1, 0.15) is 0 Å². The van der Waals surface area contributed by atoms with Crippen LogP contribution >= 0.6 is 0 Å². The van der Waals surface area contributed by atoms with Gasteiger partial charge in [-0.15, -0.1) is 0 Å². The third-order valence-corrected chi connectivity index (χ3v) is 6.25. The van der Waals surface area contributed by atoms with Gasteiger partial charge < -0.3 is 5.73 Å². The Morgan fingerprint density at radius 3 is 2.53 bits per heavy atom. The van der Waals surface area contributed by atoms with Gasteiger partial charge in [-0.3, -0.25) is 4.90 Å². The standard InChI is InChI=1S/C17H32N2/c1-13-5-6-14(2)19(11-13)17(12-18)9-3-4-16(10-17)15-7-8-15/h13-16H,3-12,18H2,1-2H3. The lowest BCUT2D eigenvalue weighted by molar-refractivity contribution is -0.0279. The number of nitrogens with zero attached hydrogens (tertiary/aromatic N) is 1. The Labute approximate surface area is 119 Å². The molecule has 0 aromatic rings. The van der Waals surface area contributed by atoms with Gasteiger partial charge in [-0.05, 0) is 63.2 Å². The molecule has 19 heavy (non-hydrogen) atoms. The summed E-state index contributed by atoms with van der Waals surface area (Å²) in [5, 5.41) is 0. The van der Waals surface area contributed by atoms with Crippen LogP contribution in [0, 0.1) is 17.8 Å². The van der Waals surface area contributed by atoms with E-state index in [0.717, 1.165) is 30.3 Å². The van der Waals surface area contributed by atoms with Crippen LogP contribution in [0.25, 0.3) is 0 Å². The molecule has 3 fully saturated rings. The number of hydrogen-bond acceptors (Lipinski definition) is 2. The molecular formula is C17H32N2. The first-order valence-corrected chi connectivity index (χ1v) is 8.61. The van der Waals surface area contributed by atoms with Crippen LogP contribution in [0.1, 0.15) is 65.2 Å². The van der Waals surface area contributed by atoms with E-state index in [1.807, 2.05) is 0 Å². The van der Waals surface area contributed by atoms with Crippen LogP contribution in [0.3, 0.4) is 0 Å². The molecule has 1 saturated heterocycles. The quantitative estimate of drug-likeness (QED) is 0.846. The number of nitrogens with two attached hydrogens (primary N) is 1. The van der Waals surface area contributed by atoms with Crippen molar-refractivity contribution in [1.29, 1.82) is 0 Å². The predicted octanol–water partition coefficient (Wildman–Crippen LogP) is 3.40. The Bertz CT molecular complexity index is 312. The minimum atomic E-state index is 0.347. The van der Waals surface area contributed by atoms with Gasteiger partial charge in [-0.1, -0.05) is 19.8 Å². The van der Waals surface area contributed by atoms with Crippen LogP contribution in [0.5, 0.6) is 0 Å². The fourth-order valence-corrected chi connectivity index (χ4v) is 4.87. The monoisotopic (exact) mass is 264 g/mol. The smallest absolute Gasteiger partial charge is 0.0337 e. The molecule has 0 aromatic heterocycles. The lowest BCUT2D eigenvalue weighted by Crippen LogP contribution is -2.61. The van der Waals surface area contributed by atoms with E-state index in [0.29, 0.717) is 5.54 Å². The summed E-state index contributed by atoms with van der Waals surface area (Å²) < 4.78 is 0. The third kappa shape index (κ3) is 2.71. The van der Waals surface area contributed by atoms with Crippen LogP contribution in [0.15, 0.2) is 0 Å². The molecule has 2 heteroatoms. The van der Waals surface area contributed by atoms with Crippen molar-refractivity contribution in [3.63, 3.8) is 0 Å². The molecule has 1 heterocycles. The van der Waals surface area contributed by atoms with E-state index in [-0.39, 0.29) is 0 Å². The zero-order chi connectivity index (χ0) is 13.5. The average molecular weight is 264 g/mol. The Balaban J connectivity index is 1.76. The van der Waals surface area contributed by atoms with Crippen molar-refractivity contribution < 1.29 is 0 Å². The van der Waals surface area contributed by atoms with Crippen molar-refractivity contribution >= 4 is 0 Å². The maximum atomic E-state index is 6.32. The first-order chi connectivity index (χ1) is 9.14. The Morgan fingerprint density at radius 2 is 1.84 bits per heavy atom. The molecule has 2 nitrogen and oxygen atoms in total. The van der Waals surface area contributed by atoms with E-state index in [4.69, 9.17) is 5.73 Å². The molecule has 110 valence electrons. The van der Waals surface area contributed by atoms with Crippen molar-refractivity contribution in [3.8, 4) is 0 Å². The molecule has 1 aliphatic heterocycles. The molecule has 0 bridgehead atoms. The van der Waals surface area contributed by atoms with Crippen LogP contribution in [0.4, 0.5) is 0 Å². The lowest BCUT2D eigenvalue weighted by atomic mass is 9.71. The average Bonchev–Trinajstić information content (AvgIpc) is 3.26. The lowest BCUT2D eigenvalue weighted by Gasteiger charge is -2.53. The van der Waals surface area contributed by atoms with E-state index in [2.05, 4.69) is 18.7 Å². The zero-order valence-corrected chi connectivity index (χ0v) is 12.9. The predicted molar refractivity (Wildman–Crippen MR) is 81.0 cm³/mol. The summed E-state index contributed by atoms with van der Waals surface area (Å²) in [6.45, 7) is 7.03. The Hall–Kier alpha value is -0.0800. The maximum absolute atomic E-state index is 6.32. The first kappa shape index (κ1) is 13.9. The van der Waals surface area contributed by atoms with Gasteiger partial charge in [0.15, 0.2) is 0 Å². The number of rotatable bonds is 3. The van der Waals surface area contributed by atoms with E-state index in [1.165, 1.54) is 57.9 Å². The molecule has 0 spiro atoms. The largest absolute Gasteiger partial charge is 0.329 e. The van der Waals surface area contributed by atoms with Crippen molar-refractivity contribution in [2.75, 3.05) is 13.1 Å². The van der Waals surface area contributed by atoms with Gasteiger partial charge in [-0.2, -0.15) is 0 Å². The SMILES string of the molecule is CC1CCC(C)N(C2(CN)CCCC(C3CC3)C2)C1. The number of hydrogen-bond donors (Lipinski definition) is 1. The minimum absolute atomic E-state index is 0.347. The fourth-order valence-electron chi connectivity index (χ4n) is 4.87. The van der Waals surface area contributed by atoms with Crippen LogP contribution in [0.2, 0.25) is 0 Å². The van der Waals surface area contributed by atoms with E-state index >= 15 is 0 Å². The molecule has 4 unspecified atom stereocenters. The Morgan fingerprint density at radius 1 is 1.05 bits per heavy atom. The molecule has 3 rings (SSSR count). The molecule has 3 aliphatic rings. The van der Waals surface area contributed by atoms with Crippen molar-refractivity contribution in [2.45, 2.75) is 76.8 Å². The zero-order valence-electron chi connectivity index (χ0n) is 12.9. The second-order valence-electron chi connectivity index (χ2n) is 7.81. The van der Waals surface area contributed by atoms with E-state index in [9.17, 15) is 0 Å². The molecule has 0 aromatic carbocycles. The minimum Gasteiger partial charge on any atom is -0.329 e. The second-order valence-corrected chi connectivity index (χ2v) is 7.81. The second kappa shape index (κ2) is 5.37. The molecule has 2 saturated carbocycles. The summed E-state index contributed by atoms with van der Waals surface area (Å²) in [7, 11) is 0. The Kier molecular flexibility index (Phi) is 3.92. The highest BCUT2D eigenvalue weighted by Crippen LogP contribution is 2.49. The highest BCUT2D eigenvalue weighted by atomic mass is 15.2. The normalized spacial score (nSPS) is 45.3. The van der Waals surface area contributed by atoms with E-state index in [1.54, 1.807) is 0 Å². The van der Waals surface area contributed by atoms with Crippen molar-refractivity contribution in [1.82, 2.24) is 4.90 Å². The van der Waals surface area contributed by atoms with Gasteiger partial charge in [0.05, 0.1) is 0 Å². The van der Waals surface area contributed by atoms with Crippen LogP contribution < -0.4 is 5.73 Å². The van der Waals surface area contributed by atoms with Gasteiger partial charge in [0, 0.05) is 24.7 Å². The van der Waals surface area contributed by atoms with E-state index < -0.39 is 0 Å². The highest BCUT2D eigenvalue weighted by molar-refractivity contribution is 5.02. The summed E-state index contributed by atoms with van der Waals surface area (Å²) in [5.74, 6) is 2.91. The fraction of sp³-hybridized carbons (Fsp3) is 1.00. The summed E-state index contributed by atoms with van der Waals surface area (Å²) in [4.78, 5) is 2.83. The topological polar surface area (TPSA) is 29.3 Å². The third-order valence-electron chi connectivity index (χ3n) is 6.25. The summed E-state index contributed by atoms with van der Waals surface area (Å²) >= 11 is 0. The summed E-state index contributed by atoms with van der Waals surface area (Å²) in [6.07, 6.45) is 11.4. The molecular weight excluding hydrogens is 232 g/mol. The van der Waals surface area contributed by atoms with Crippen molar-refractivity contribution in [3.05, 3.63) is 0 Å². The van der Waals surface area contributed by atoms with Gasteiger partial charge in [0.25, 0.3) is 0 Å². The summed E-state index contributed by atoms with van der Waals surface area (Å²) in [6, 6.07) is 0.748. The van der Waals surface area contributed by atoms with Crippen molar-refractivity contribution in [2.24, 2.45) is 23.5 Å². The number of likely N-dealkylation sites (tertiary alicyclic amines) is 1. The van der Waals surface area contributed by atoms with Crippen LogP contribution in [-0.4, -0.2) is 29.6 Å². The first-order valence-electron chi connectivity index (χ1n) is 8.61. The van der Waals surface area contributed by atoms with Crippen LogP contribution in [-0.2, 0) is 0 Å². The molecule has 0 radical (unpaired) electrons. The molecule has 0 amide bonds. The van der Waals surface area contributed by atoms with Gasteiger partial charge in [0.2, 0.25) is 0 Å². The highest BCUT2D eigenvalue weighted by Gasteiger charge is 2.46. The van der Waals surface area contributed by atoms with Gasteiger partial charge in [-0.25, -0.2) is 0 Å². The molecule has 2 aliphatic carbocycles. The molecule has 2 N–H and O–H groups in total. The molecule has 4 atom stereocenters. The van der Waals surface area contributed by atoms with Gasteiger partial charge >= 0.3 is 0 Å². The summed E-state index contributed by atoms with van der Waals surface area (Å²) in [5.41, 5.74) is 6.66. The maximum Gasteiger partial charge on any atom is 0.0337 e.